The zero-order chi connectivity index (χ0) is 19.8. The Labute approximate surface area is 167 Å². The minimum absolute atomic E-state index is 0.107. The maximum absolute atomic E-state index is 12.5. The summed E-state index contributed by atoms with van der Waals surface area (Å²) < 4.78 is 10.5. The van der Waals surface area contributed by atoms with Crippen molar-refractivity contribution in [2.75, 3.05) is 38.7 Å². The molecule has 146 valence electrons. The van der Waals surface area contributed by atoms with Gasteiger partial charge in [-0.05, 0) is 38.1 Å². The molecular formula is C18H22ClN3O4S. The number of benzene rings is 1. The van der Waals surface area contributed by atoms with Crippen molar-refractivity contribution in [1.82, 2.24) is 9.88 Å². The van der Waals surface area contributed by atoms with Gasteiger partial charge in [0.15, 0.2) is 11.7 Å². The summed E-state index contributed by atoms with van der Waals surface area (Å²) in [5.74, 6) is -0.110. The Morgan fingerprint density at radius 2 is 1.96 bits per heavy atom. The van der Waals surface area contributed by atoms with Gasteiger partial charge in [-0.3, -0.25) is 9.59 Å². The summed E-state index contributed by atoms with van der Waals surface area (Å²) in [6.07, 6.45) is 0. The SMILES string of the molecule is COCCN(CC(=O)Nc1nc(C)c(C)s1)C(=O)COc1ccc(Cl)cc1. The predicted molar refractivity (Wildman–Crippen MR) is 106 cm³/mol. The van der Waals surface area contributed by atoms with Gasteiger partial charge in [0.2, 0.25) is 5.91 Å². The van der Waals surface area contributed by atoms with E-state index in [1.54, 1.807) is 24.3 Å². The van der Waals surface area contributed by atoms with Crippen LogP contribution < -0.4 is 10.1 Å². The summed E-state index contributed by atoms with van der Waals surface area (Å²) in [6.45, 7) is 4.12. The quantitative estimate of drug-likeness (QED) is 0.686. The normalized spacial score (nSPS) is 10.5. The molecule has 1 heterocycles. The van der Waals surface area contributed by atoms with Crippen LogP contribution in [0.25, 0.3) is 0 Å². The van der Waals surface area contributed by atoms with E-state index >= 15 is 0 Å². The zero-order valence-electron chi connectivity index (χ0n) is 15.5. The number of anilines is 1. The van der Waals surface area contributed by atoms with Crippen molar-refractivity contribution in [1.29, 1.82) is 0 Å². The standard InChI is InChI=1S/C18H22ClN3O4S/c1-12-13(2)27-18(20-12)21-16(23)10-22(8-9-25-3)17(24)11-26-15-6-4-14(19)5-7-15/h4-7H,8-11H2,1-3H3,(H,20,21,23). The summed E-state index contributed by atoms with van der Waals surface area (Å²) in [7, 11) is 1.54. The van der Waals surface area contributed by atoms with E-state index in [-0.39, 0.29) is 31.5 Å². The monoisotopic (exact) mass is 411 g/mol. The molecule has 0 saturated carbocycles. The number of amides is 2. The van der Waals surface area contributed by atoms with Crippen LogP contribution in [0.1, 0.15) is 10.6 Å². The Morgan fingerprint density at radius 1 is 1.26 bits per heavy atom. The lowest BCUT2D eigenvalue weighted by Gasteiger charge is -2.21. The van der Waals surface area contributed by atoms with E-state index < -0.39 is 0 Å². The van der Waals surface area contributed by atoms with Crippen LogP contribution in [0.5, 0.6) is 5.75 Å². The number of thiazole rings is 1. The third kappa shape index (κ3) is 6.82. The van der Waals surface area contributed by atoms with Gasteiger partial charge in [0.05, 0.1) is 12.3 Å². The Bertz CT molecular complexity index is 760. The van der Waals surface area contributed by atoms with Crippen LogP contribution in [0, 0.1) is 13.8 Å². The molecule has 2 rings (SSSR count). The molecule has 9 heteroatoms. The molecule has 0 aliphatic carbocycles. The zero-order valence-corrected chi connectivity index (χ0v) is 17.0. The average Bonchev–Trinajstić information content (AvgIpc) is 2.94. The molecule has 0 bridgehead atoms. The number of aromatic nitrogens is 1. The van der Waals surface area contributed by atoms with Crippen LogP contribution in [0.2, 0.25) is 5.02 Å². The van der Waals surface area contributed by atoms with Gasteiger partial charge in [0.25, 0.3) is 5.91 Å². The van der Waals surface area contributed by atoms with Crippen molar-refractivity contribution in [3.05, 3.63) is 39.9 Å². The first kappa shape index (κ1) is 21.1. The second-order valence-electron chi connectivity index (χ2n) is 5.76. The van der Waals surface area contributed by atoms with Crippen molar-refractivity contribution < 1.29 is 19.1 Å². The van der Waals surface area contributed by atoms with Crippen molar-refractivity contribution in [2.45, 2.75) is 13.8 Å². The summed E-state index contributed by atoms with van der Waals surface area (Å²) in [4.78, 5) is 31.4. The van der Waals surface area contributed by atoms with Gasteiger partial charge >= 0.3 is 0 Å². The molecule has 0 atom stereocenters. The second-order valence-corrected chi connectivity index (χ2v) is 7.40. The molecular weight excluding hydrogens is 390 g/mol. The van der Waals surface area contributed by atoms with Gasteiger partial charge in [0.1, 0.15) is 12.3 Å². The number of carbonyl (C=O) groups is 2. The second kappa shape index (κ2) is 10.2. The first-order valence-corrected chi connectivity index (χ1v) is 9.47. The number of methoxy groups -OCH3 is 1. The van der Waals surface area contributed by atoms with Crippen LogP contribution >= 0.6 is 22.9 Å². The van der Waals surface area contributed by atoms with Crippen LogP contribution in [0.3, 0.4) is 0 Å². The highest BCUT2D eigenvalue weighted by molar-refractivity contribution is 7.15. The molecule has 1 aromatic carbocycles. The highest BCUT2D eigenvalue weighted by Gasteiger charge is 2.19. The number of rotatable bonds is 9. The smallest absolute Gasteiger partial charge is 0.261 e. The van der Waals surface area contributed by atoms with E-state index in [0.29, 0.717) is 22.5 Å². The van der Waals surface area contributed by atoms with Crippen LogP contribution in [0.15, 0.2) is 24.3 Å². The molecule has 7 nitrogen and oxygen atoms in total. The van der Waals surface area contributed by atoms with Crippen molar-refractivity contribution >= 4 is 39.9 Å². The van der Waals surface area contributed by atoms with Gasteiger partial charge in [-0.1, -0.05) is 11.6 Å². The summed E-state index contributed by atoms with van der Waals surface area (Å²) in [5.41, 5.74) is 0.874. The van der Waals surface area contributed by atoms with Crippen molar-refractivity contribution in [3.63, 3.8) is 0 Å². The average molecular weight is 412 g/mol. The molecule has 1 N–H and O–H groups in total. The number of hydrogen-bond acceptors (Lipinski definition) is 6. The molecule has 2 amide bonds. The summed E-state index contributed by atoms with van der Waals surface area (Å²) >= 11 is 7.22. The third-order valence-corrected chi connectivity index (χ3v) is 4.94. The predicted octanol–water partition coefficient (Wildman–Crippen LogP) is 2.91. The minimum atomic E-state index is -0.320. The summed E-state index contributed by atoms with van der Waals surface area (Å²) in [5, 5.41) is 3.83. The first-order chi connectivity index (χ1) is 12.9. The van der Waals surface area contributed by atoms with Crippen LogP contribution in [-0.2, 0) is 14.3 Å². The highest BCUT2D eigenvalue weighted by Crippen LogP contribution is 2.21. The van der Waals surface area contributed by atoms with Crippen molar-refractivity contribution in [2.24, 2.45) is 0 Å². The Morgan fingerprint density at radius 3 is 2.56 bits per heavy atom. The first-order valence-electron chi connectivity index (χ1n) is 8.28. The Kier molecular flexibility index (Phi) is 8.02. The summed E-state index contributed by atoms with van der Waals surface area (Å²) in [6, 6.07) is 6.70. The third-order valence-electron chi connectivity index (χ3n) is 3.70. The molecule has 0 fully saturated rings. The number of nitrogens with one attached hydrogen (secondary N) is 1. The fourth-order valence-corrected chi connectivity index (χ4v) is 3.08. The van der Waals surface area contributed by atoms with E-state index in [1.807, 2.05) is 13.8 Å². The molecule has 1 aromatic heterocycles. The van der Waals surface area contributed by atoms with E-state index in [4.69, 9.17) is 21.1 Å². The molecule has 27 heavy (non-hydrogen) atoms. The highest BCUT2D eigenvalue weighted by atomic mass is 35.5. The van der Waals surface area contributed by atoms with E-state index in [0.717, 1.165) is 10.6 Å². The molecule has 0 saturated heterocycles. The fraction of sp³-hybridized carbons (Fsp3) is 0.389. The number of nitrogens with zero attached hydrogens (tertiary/aromatic N) is 2. The Balaban J connectivity index is 1.92. The molecule has 0 aliphatic rings. The van der Waals surface area contributed by atoms with Crippen LogP contribution in [0.4, 0.5) is 5.13 Å². The lowest BCUT2D eigenvalue weighted by molar-refractivity contribution is -0.137. The van der Waals surface area contributed by atoms with E-state index in [9.17, 15) is 9.59 Å². The Hall–Kier alpha value is -2.16. The molecule has 2 aromatic rings. The topological polar surface area (TPSA) is 80.8 Å². The van der Waals surface area contributed by atoms with Gasteiger partial charge in [-0.15, -0.1) is 11.3 Å². The maximum atomic E-state index is 12.5. The van der Waals surface area contributed by atoms with Gasteiger partial charge in [-0.2, -0.15) is 0 Å². The van der Waals surface area contributed by atoms with Gasteiger partial charge in [0, 0.05) is 23.6 Å². The minimum Gasteiger partial charge on any atom is -0.484 e. The largest absolute Gasteiger partial charge is 0.484 e. The van der Waals surface area contributed by atoms with Crippen molar-refractivity contribution in [3.8, 4) is 5.75 Å². The molecule has 0 unspecified atom stereocenters. The van der Waals surface area contributed by atoms with Gasteiger partial charge < -0.3 is 19.7 Å². The number of carbonyl (C=O) groups excluding carboxylic acids is 2. The number of halogens is 1. The number of hydrogen-bond donors (Lipinski definition) is 1. The van der Waals surface area contributed by atoms with Gasteiger partial charge in [-0.25, -0.2) is 4.98 Å². The number of ether oxygens (including phenoxy) is 2. The molecule has 0 aliphatic heterocycles. The number of aryl methyl sites for hydroxylation is 2. The van der Waals surface area contributed by atoms with E-state index in [2.05, 4.69) is 10.3 Å². The van der Waals surface area contributed by atoms with Crippen LogP contribution in [-0.4, -0.2) is 55.1 Å². The lowest BCUT2D eigenvalue weighted by Crippen LogP contribution is -2.42. The maximum Gasteiger partial charge on any atom is 0.261 e. The van der Waals surface area contributed by atoms with E-state index in [1.165, 1.54) is 23.3 Å². The molecule has 0 spiro atoms. The lowest BCUT2D eigenvalue weighted by atomic mass is 10.3. The molecule has 0 radical (unpaired) electrons. The fourth-order valence-electron chi connectivity index (χ4n) is 2.12.